The lowest BCUT2D eigenvalue weighted by Gasteiger charge is -2.24. The van der Waals surface area contributed by atoms with Crippen LogP contribution in [0.15, 0.2) is 26.0 Å². The number of halogens is 2. The van der Waals surface area contributed by atoms with E-state index in [-0.39, 0.29) is 6.04 Å². The zero-order chi connectivity index (χ0) is 15.1. The highest BCUT2D eigenvalue weighted by Crippen LogP contribution is 2.36. The Morgan fingerprint density at radius 3 is 2.35 bits per heavy atom. The molecule has 1 aromatic carbocycles. The zero-order valence-corrected chi connectivity index (χ0v) is 15.8. The van der Waals surface area contributed by atoms with Crippen LogP contribution in [-0.4, -0.2) is 25.3 Å². The minimum absolute atomic E-state index is 0.175. The summed E-state index contributed by atoms with van der Waals surface area (Å²) >= 11 is 6.82. The second-order valence-electron chi connectivity index (χ2n) is 5.73. The van der Waals surface area contributed by atoms with Gasteiger partial charge in [0.05, 0.1) is 4.90 Å². The van der Waals surface area contributed by atoms with Crippen molar-refractivity contribution >= 4 is 41.9 Å². The highest BCUT2D eigenvalue weighted by molar-refractivity contribution is 9.11. The Balaban J connectivity index is 2.45. The predicted molar refractivity (Wildman–Crippen MR) is 88.3 cm³/mol. The number of hydrogen-bond acceptors (Lipinski definition) is 2. The molecular weight excluding hydrogens is 406 g/mol. The minimum Gasteiger partial charge on any atom is -0.207 e. The molecule has 20 heavy (non-hydrogen) atoms. The van der Waals surface area contributed by atoms with Gasteiger partial charge >= 0.3 is 0 Å². The summed E-state index contributed by atoms with van der Waals surface area (Å²) in [5, 5.41) is 0. The van der Waals surface area contributed by atoms with Crippen LogP contribution in [0.25, 0.3) is 0 Å². The van der Waals surface area contributed by atoms with Crippen molar-refractivity contribution in [1.82, 2.24) is 4.31 Å². The molecule has 1 saturated carbocycles. The maximum atomic E-state index is 12.9. The molecule has 0 bridgehead atoms. The predicted octanol–water partition coefficient (Wildman–Crippen LogP) is 4.33. The highest BCUT2D eigenvalue weighted by Gasteiger charge is 2.39. The van der Waals surface area contributed by atoms with Crippen LogP contribution in [0.3, 0.4) is 0 Å². The summed E-state index contributed by atoms with van der Waals surface area (Å²) in [7, 11) is -3.45. The molecule has 3 nitrogen and oxygen atoms in total. The normalized spacial score (nSPS) is 16.1. The first-order chi connectivity index (χ1) is 9.23. The molecule has 2 rings (SSSR count). The Morgan fingerprint density at radius 1 is 1.25 bits per heavy atom. The van der Waals surface area contributed by atoms with E-state index in [4.69, 9.17) is 0 Å². The van der Waals surface area contributed by atoms with Crippen molar-refractivity contribution in [2.45, 2.75) is 44.6 Å². The molecule has 0 aliphatic heterocycles. The van der Waals surface area contributed by atoms with Gasteiger partial charge in [-0.1, -0.05) is 29.8 Å². The maximum Gasteiger partial charge on any atom is 0.244 e. The number of hydrogen-bond donors (Lipinski definition) is 0. The third-order valence-corrected chi connectivity index (χ3v) is 7.03. The van der Waals surface area contributed by atoms with Crippen LogP contribution in [0.2, 0.25) is 0 Å². The van der Waals surface area contributed by atoms with Crippen molar-refractivity contribution in [2.75, 3.05) is 6.54 Å². The molecule has 0 saturated heterocycles. The topological polar surface area (TPSA) is 37.4 Å². The smallest absolute Gasteiger partial charge is 0.207 e. The summed E-state index contributed by atoms with van der Waals surface area (Å²) in [6.07, 6.45) is 1.94. The molecular formula is C14H19Br2NO2S. The van der Waals surface area contributed by atoms with Crippen LogP contribution in [0, 0.1) is 12.8 Å². The van der Waals surface area contributed by atoms with E-state index in [0.717, 1.165) is 22.9 Å². The van der Waals surface area contributed by atoms with E-state index in [0.29, 0.717) is 21.8 Å². The van der Waals surface area contributed by atoms with Gasteiger partial charge in [-0.2, -0.15) is 4.31 Å². The van der Waals surface area contributed by atoms with Gasteiger partial charge in [-0.3, -0.25) is 0 Å². The summed E-state index contributed by atoms with van der Waals surface area (Å²) in [4.78, 5) is 0.350. The zero-order valence-electron chi connectivity index (χ0n) is 11.9. The summed E-state index contributed by atoms with van der Waals surface area (Å²) in [5.74, 6) is 0.318. The van der Waals surface area contributed by atoms with Crippen molar-refractivity contribution in [3.05, 3.63) is 26.6 Å². The molecule has 1 aromatic rings. The van der Waals surface area contributed by atoms with Crippen LogP contribution in [0.5, 0.6) is 0 Å². The van der Waals surface area contributed by atoms with E-state index >= 15 is 0 Å². The third kappa shape index (κ3) is 3.46. The van der Waals surface area contributed by atoms with E-state index in [9.17, 15) is 8.42 Å². The summed E-state index contributed by atoms with van der Waals surface area (Å²) in [6, 6.07) is 3.72. The van der Waals surface area contributed by atoms with Gasteiger partial charge in [0.25, 0.3) is 0 Å². The van der Waals surface area contributed by atoms with Gasteiger partial charge < -0.3 is 0 Å². The molecule has 1 aliphatic rings. The average molecular weight is 425 g/mol. The number of rotatable bonds is 5. The first-order valence-electron chi connectivity index (χ1n) is 6.71. The van der Waals surface area contributed by atoms with Crippen LogP contribution in [0.1, 0.15) is 32.3 Å². The summed E-state index contributed by atoms with van der Waals surface area (Å²) in [6.45, 7) is 6.61. The van der Waals surface area contributed by atoms with E-state index in [1.165, 1.54) is 0 Å². The lowest BCUT2D eigenvalue weighted by molar-refractivity contribution is 0.360. The Labute approximate surface area is 138 Å². The molecule has 1 fully saturated rings. The largest absolute Gasteiger partial charge is 0.244 e. The first-order valence-corrected chi connectivity index (χ1v) is 9.73. The Hall–Kier alpha value is 0.0900. The molecule has 1 aliphatic carbocycles. The molecule has 0 atom stereocenters. The summed E-state index contributed by atoms with van der Waals surface area (Å²) in [5.41, 5.74) is 1.01. The van der Waals surface area contributed by atoms with Gasteiger partial charge in [0.1, 0.15) is 0 Å². The standard InChI is InChI=1S/C14H19Br2NO2S/c1-9(2)8-17(11-4-5-11)20(18,19)14-7-12(15)10(3)6-13(14)16/h6-7,9,11H,4-5,8H2,1-3H3. The van der Waals surface area contributed by atoms with Crippen molar-refractivity contribution in [3.63, 3.8) is 0 Å². The highest BCUT2D eigenvalue weighted by atomic mass is 79.9. The first kappa shape index (κ1) is 16.5. The lowest BCUT2D eigenvalue weighted by atomic mass is 10.2. The molecule has 6 heteroatoms. The molecule has 0 heterocycles. The fraction of sp³-hybridized carbons (Fsp3) is 0.571. The third-order valence-electron chi connectivity index (χ3n) is 3.30. The van der Waals surface area contributed by atoms with Gasteiger partial charge in [-0.05, 0) is 59.3 Å². The van der Waals surface area contributed by atoms with Gasteiger partial charge in [-0.25, -0.2) is 8.42 Å². The number of sulfonamides is 1. The quantitative estimate of drug-likeness (QED) is 0.705. The molecule has 0 aromatic heterocycles. The monoisotopic (exact) mass is 423 g/mol. The SMILES string of the molecule is Cc1cc(Br)c(S(=O)(=O)N(CC(C)C)C2CC2)cc1Br. The van der Waals surface area contributed by atoms with Crippen molar-refractivity contribution < 1.29 is 8.42 Å². The Morgan fingerprint density at radius 2 is 1.85 bits per heavy atom. The summed E-state index contributed by atoms with van der Waals surface area (Å²) < 4.78 is 28.9. The second kappa shape index (κ2) is 6.07. The molecule has 0 radical (unpaired) electrons. The van der Waals surface area contributed by atoms with E-state index in [2.05, 4.69) is 31.9 Å². The van der Waals surface area contributed by atoms with Crippen LogP contribution < -0.4 is 0 Å². The van der Waals surface area contributed by atoms with E-state index in [1.54, 1.807) is 10.4 Å². The van der Waals surface area contributed by atoms with Crippen molar-refractivity contribution in [3.8, 4) is 0 Å². The molecule has 0 spiro atoms. The molecule has 0 N–H and O–H groups in total. The number of benzene rings is 1. The Bertz CT molecular complexity index is 610. The second-order valence-corrected chi connectivity index (χ2v) is 9.30. The molecule has 0 amide bonds. The molecule has 0 unspecified atom stereocenters. The molecule has 112 valence electrons. The average Bonchev–Trinajstić information content (AvgIpc) is 3.14. The van der Waals surface area contributed by atoms with Crippen LogP contribution >= 0.6 is 31.9 Å². The van der Waals surface area contributed by atoms with Crippen LogP contribution in [-0.2, 0) is 10.0 Å². The Kier molecular flexibility index (Phi) is 4.99. The van der Waals surface area contributed by atoms with Gasteiger partial charge in [0.15, 0.2) is 0 Å². The number of aryl methyl sites for hydroxylation is 1. The van der Waals surface area contributed by atoms with E-state index < -0.39 is 10.0 Å². The maximum absolute atomic E-state index is 12.9. The number of nitrogens with zero attached hydrogens (tertiary/aromatic N) is 1. The fourth-order valence-corrected chi connectivity index (χ4v) is 5.61. The lowest BCUT2D eigenvalue weighted by Crippen LogP contribution is -2.36. The van der Waals surface area contributed by atoms with Gasteiger partial charge in [-0.15, -0.1) is 0 Å². The van der Waals surface area contributed by atoms with Crippen LogP contribution in [0.4, 0.5) is 0 Å². The van der Waals surface area contributed by atoms with E-state index in [1.807, 2.05) is 26.8 Å². The minimum atomic E-state index is -3.45. The van der Waals surface area contributed by atoms with Crippen molar-refractivity contribution in [2.24, 2.45) is 5.92 Å². The van der Waals surface area contributed by atoms with Crippen molar-refractivity contribution in [1.29, 1.82) is 0 Å². The van der Waals surface area contributed by atoms with Gasteiger partial charge in [0, 0.05) is 21.5 Å². The fourth-order valence-electron chi connectivity index (χ4n) is 2.12. The van der Waals surface area contributed by atoms with Gasteiger partial charge in [0.2, 0.25) is 10.0 Å².